The minimum absolute atomic E-state index is 0.686. The van der Waals surface area contributed by atoms with Crippen LogP contribution in [0.2, 0.25) is 0 Å². The molecule has 4 rings (SSSR count). The fourth-order valence-electron chi connectivity index (χ4n) is 4.19. The Morgan fingerprint density at radius 3 is 2.52 bits per heavy atom. The molecule has 2 aliphatic heterocycles. The van der Waals surface area contributed by atoms with Gasteiger partial charge >= 0.3 is 0 Å². The number of likely N-dealkylation sites (tertiary alicyclic amines) is 1. The third-order valence-corrected chi connectivity index (χ3v) is 5.78. The molecule has 0 unspecified atom stereocenters. The first-order chi connectivity index (χ1) is 11.2. The van der Waals surface area contributed by atoms with E-state index in [0.29, 0.717) is 6.04 Å². The van der Waals surface area contributed by atoms with E-state index in [9.17, 15) is 0 Å². The summed E-state index contributed by atoms with van der Waals surface area (Å²) in [5.74, 6) is 2.10. The number of aryl methyl sites for hydroxylation is 2. The molecule has 2 fully saturated rings. The summed E-state index contributed by atoms with van der Waals surface area (Å²) < 4.78 is 5.96. The van der Waals surface area contributed by atoms with E-state index in [1.807, 2.05) is 0 Å². The van der Waals surface area contributed by atoms with Crippen molar-refractivity contribution in [3.63, 3.8) is 0 Å². The summed E-state index contributed by atoms with van der Waals surface area (Å²) >= 11 is 0. The molecule has 0 radical (unpaired) electrons. The Bertz CT molecular complexity index is 504. The van der Waals surface area contributed by atoms with Crippen molar-refractivity contribution < 1.29 is 4.42 Å². The number of rotatable bonds is 4. The van der Waals surface area contributed by atoms with Gasteiger partial charge in [0.1, 0.15) is 5.76 Å². The van der Waals surface area contributed by atoms with Gasteiger partial charge in [-0.05, 0) is 33.1 Å². The fourth-order valence-corrected chi connectivity index (χ4v) is 4.19. The first kappa shape index (κ1) is 15.6. The Morgan fingerprint density at radius 1 is 1.09 bits per heavy atom. The molecule has 3 heterocycles. The molecule has 0 N–H and O–H groups in total. The molecule has 1 aliphatic carbocycles. The van der Waals surface area contributed by atoms with Crippen molar-refractivity contribution in [1.29, 1.82) is 0 Å². The monoisotopic (exact) mass is 318 g/mol. The molecule has 1 aromatic heterocycles. The highest BCUT2D eigenvalue weighted by atomic mass is 16.4. The van der Waals surface area contributed by atoms with Gasteiger partial charge < -0.3 is 4.42 Å². The second-order valence-electron chi connectivity index (χ2n) is 7.70. The largest absolute Gasteiger partial charge is 0.444 e. The summed E-state index contributed by atoms with van der Waals surface area (Å²) in [5.41, 5.74) is 1.23. The smallest absolute Gasteiger partial charge is 0.208 e. The topological polar surface area (TPSA) is 35.8 Å². The van der Waals surface area contributed by atoms with Gasteiger partial charge in [0.25, 0.3) is 0 Å². The highest BCUT2D eigenvalue weighted by Gasteiger charge is 2.34. The predicted molar refractivity (Wildman–Crippen MR) is 90.5 cm³/mol. The zero-order chi connectivity index (χ0) is 15.8. The van der Waals surface area contributed by atoms with Crippen LogP contribution in [0.1, 0.15) is 44.0 Å². The molecular weight excluding hydrogens is 288 g/mol. The summed E-state index contributed by atoms with van der Waals surface area (Å²) in [6, 6.07) is 1.43. The van der Waals surface area contributed by atoms with Gasteiger partial charge in [0.15, 0.2) is 0 Å². The molecular formula is C18H30N4O. The van der Waals surface area contributed by atoms with Crippen LogP contribution in [0.25, 0.3) is 0 Å². The molecule has 0 saturated carbocycles. The SMILES string of the molecule is CC(C)N1CCN(C2CN(Cc3nc4c(o3)CCCC4)C2)CC1. The van der Waals surface area contributed by atoms with Crippen LogP contribution < -0.4 is 0 Å². The Balaban J connectivity index is 1.23. The van der Waals surface area contributed by atoms with Crippen molar-refractivity contribution in [2.75, 3.05) is 39.3 Å². The van der Waals surface area contributed by atoms with E-state index >= 15 is 0 Å². The normalized spacial score (nSPS) is 24.8. The summed E-state index contributed by atoms with van der Waals surface area (Å²) in [5, 5.41) is 0. The average Bonchev–Trinajstić information content (AvgIpc) is 2.93. The maximum absolute atomic E-state index is 5.96. The highest BCUT2D eigenvalue weighted by Crippen LogP contribution is 2.24. The van der Waals surface area contributed by atoms with E-state index in [1.54, 1.807) is 0 Å². The number of fused-ring (bicyclic) bond motifs is 1. The van der Waals surface area contributed by atoms with Gasteiger partial charge in [0.05, 0.1) is 12.2 Å². The zero-order valence-electron chi connectivity index (χ0n) is 14.6. The van der Waals surface area contributed by atoms with Crippen LogP contribution in [-0.2, 0) is 19.4 Å². The van der Waals surface area contributed by atoms with Crippen LogP contribution in [0.3, 0.4) is 0 Å². The second-order valence-corrected chi connectivity index (χ2v) is 7.70. The van der Waals surface area contributed by atoms with Crippen molar-refractivity contribution in [2.24, 2.45) is 0 Å². The average molecular weight is 318 g/mol. The van der Waals surface area contributed by atoms with E-state index < -0.39 is 0 Å². The van der Waals surface area contributed by atoms with Crippen molar-refractivity contribution in [3.8, 4) is 0 Å². The van der Waals surface area contributed by atoms with E-state index in [0.717, 1.165) is 37.1 Å². The second kappa shape index (κ2) is 6.54. The lowest BCUT2D eigenvalue weighted by Gasteiger charge is -2.48. The lowest BCUT2D eigenvalue weighted by atomic mass is 10.0. The van der Waals surface area contributed by atoms with Gasteiger partial charge in [0, 0.05) is 57.8 Å². The lowest BCUT2D eigenvalue weighted by Crippen LogP contribution is -2.63. The third-order valence-electron chi connectivity index (χ3n) is 5.78. The van der Waals surface area contributed by atoms with Crippen molar-refractivity contribution in [1.82, 2.24) is 19.7 Å². The summed E-state index contributed by atoms with van der Waals surface area (Å²) in [6.07, 6.45) is 4.73. The number of nitrogens with zero attached hydrogens (tertiary/aromatic N) is 4. The van der Waals surface area contributed by atoms with Gasteiger partial charge in [-0.25, -0.2) is 4.98 Å². The van der Waals surface area contributed by atoms with Crippen molar-refractivity contribution >= 4 is 0 Å². The molecule has 1 aromatic rings. The van der Waals surface area contributed by atoms with E-state index in [4.69, 9.17) is 9.40 Å². The first-order valence-electron chi connectivity index (χ1n) is 9.37. The molecule has 23 heavy (non-hydrogen) atoms. The molecule has 0 amide bonds. The van der Waals surface area contributed by atoms with Crippen LogP contribution in [0, 0.1) is 0 Å². The first-order valence-corrected chi connectivity index (χ1v) is 9.37. The van der Waals surface area contributed by atoms with Crippen LogP contribution in [0.5, 0.6) is 0 Å². The van der Waals surface area contributed by atoms with Gasteiger partial charge in [-0.1, -0.05) is 0 Å². The van der Waals surface area contributed by atoms with Crippen LogP contribution in [0.4, 0.5) is 0 Å². The van der Waals surface area contributed by atoms with Crippen LogP contribution >= 0.6 is 0 Å². The van der Waals surface area contributed by atoms with Crippen LogP contribution in [0.15, 0.2) is 4.42 Å². The maximum Gasteiger partial charge on any atom is 0.208 e. The quantitative estimate of drug-likeness (QED) is 0.845. The molecule has 5 heteroatoms. The lowest BCUT2D eigenvalue weighted by molar-refractivity contribution is -0.00738. The minimum atomic E-state index is 0.686. The van der Waals surface area contributed by atoms with E-state index in [1.165, 1.54) is 57.8 Å². The van der Waals surface area contributed by atoms with Gasteiger partial charge in [0.2, 0.25) is 5.89 Å². The molecule has 0 aromatic carbocycles. The highest BCUT2D eigenvalue weighted by molar-refractivity contribution is 5.13. The Labute approximate surface area is 139 Å². The van der Waals surface area contributed by atoms with Crippen LogP contribution in [-0.4, -0.2) is 71.0 Å². The Hall–Kier alpha value is -0.910. The van der Waals surface area contributed by atoms with Gasteiger partial charge in [-0.15, -0.1) is 0 Å². The van der Waals surface area contributed by atoms with E-state index in [-0.39, 0.29) is 0 Å². The minimum Gasteiger partial charge on any atom is -0.444 e. The summed E-state index contributed by atoms with van der Waals surface area (Å²) in [7, 11) is 0. The molecule has 0 atom stereocenters. The summed E-state index contributed by atoms with van der Waals surface area (Å²) in [4.78, 5) is 12.5. The fraction of sp³-hybridized carbons (Fsp3) is 0.833. The molecule has 0 spiro atoms. The maximum atomic E-state index is 5.96. The number of aromatic nitrogens is 1. The van der Waals surface area contributed by atoms with Gasteiger partial charge in [-0.3, -0.25) is 14.7 Å². The number of hydrogen-bond acceptors (Lipinski definition) is 5. The number of hydrogen-bond donors (Lipinski definition) is 0. The number of oxazole rings is 1. The van der Waals surface area contributed by atoms with Gasteiger partial charge in [-0.2, -0.15) is 0 Å². The molecule has 128 valence electrons. The molecule has 0 bridgehead atoms. The molecule has 2 saturated heterocycles. The van der Waals surface area contributed by atoms with Crippen molar-refractivity contribution in [2.45, 2.75) is 58.2 Å². The molecule has 3 aliphatic rings. The van der Waals surface area contributed by atoms with Crippen molar-refractivity contribution in [3.05, 3.63) is 17.3 Å². The Kier molecular flexibility index (Phi) is 4.43. The zero-order valence-corrected chi connectivity index (χ0v) is 14.6. The predicted octanol–water partition coefficient (Wildman–Crippen LogP) is 1.76. The summed E-state index contributed by atoms with van der Waals surface area (Å²) in [6.45, 7) is 12.8. The van der Waals surface area contributed by atoms with E-state index in [2.05, 4.69) is 28.5 Å². The third kappa shape index (κ3) is 3.32. The molecule has 5 nitrogen and oxygen atoms in total. The standard InChI is InChI=1S/C18H30N4O/c1-14(2)21-7-9-22(10-8-21)15-11-20(12-15)13-18-19-16-5-3-4-6-17(16)23-18/h14-15H,3-13H2,1-2H3. The Morgan fingerprint density at radius 2 is 1.83 bits per heavy atom. The number of piperazine rings is 1.